The highest BCUT2D eigenvalue weighted by Gasteiger charge is 2.13. The number of hydrogen-bond donors (Lipinski definition) is 1. The summed E-state index contributed by atoms with van der Waals surface area (Å²) in [6.45, 7) is 5.27. The average molecular weight is 418 g/mol. The van der Waals surface area contributed by atoms with Crippen molar-refractivity contribution >= 4 is 23.6 Å². The number of aromatic nitrogens is 2. The first-order valence-corrected chi connectivity index (χ1v) is 9.60. The number of carbonyl (C=O) groups is 2. The van der Waals surface area contributed by atoms with Crippen LogP contribution in [0, 0.1) is 32.1 Å². The Morgan fingerprint density at radius 1 is 1.23 bits per heavy atom. The highest BCUT2D eigenvalue weighted by atomic mass is 16.5. The number of carbonyl (C=O) groups excluding carboxylic acids is 2. The lowest BCUT2D eigenvalue weighted by atomic mass is 10.1. The van der Waals surface area contributed by atoms with E-state index in [9.17, 15) is 9.59 Å². The van der Waals surface area contributed by atoms with Gasteiger partial charge in [-0.3, -0.25) is 9.36 Å². The van der Waals surface area contributed by atoms with Gasteiger partial charge in [0.25, 0.3) is 5.91 Å². The third-order valence-electron chi connectivity index (χ3n) is 4.58. The Bertz CT molecular complexity index is 1160. The molecule has 31 heavy (non-hydrogen) atoms. The lowest BCUT2D eigenvalue weighted by molar-refractivity contribution is -0.142. The molecule has 8 nitrogen and oxygen atoms in total. The van der Waals surface area contributed by atoms with E-state index in [2.05, 4.69) is 16.5 Å². The van der Waals surface area contributed by atoms with E-state index in [0.717, 1.165) is 22.5 Å². The molecule has 0 aliphatic rings. The first-order chi connectivity index (χ1) is 14.9. The largest absolute Gasteiger partial charge is 0.452 e. The van der Waals surface area contributed by atoms with E-state index in [4.69, 9.17) is 14.5 Å². The van der Waals surface area contributed by atoms with Crippen molar-refractivity contribution < 1.29 is 18.8 Å². The van der Waals surface area contributed by atoms with E-state index in [1.165, 1.54) is 6.08 Å². The predicted octanol–water partition coefficient (Wildman–Crippen LogP) is 3.65. The van der Waals surface area contributed by atoms with Crippen LogP contribution in [0.25, 0.3) is 11.9 Å². The topological polar surface area (TPSA) is 110 Å². The SMILES string of the molecule is Cc1cc(-n2c(C)cc(/C=C/C(=O)OCC(=O)Nc3ccc(CC#N)cc3)c2C)no1. The van der Waals surface area contributed by atoms with E-state index in [0.29, 0.717) is 23.7 Å². The number of amides is 1. The molecule has 2 aromatic heterocycles. The van der Waals surface area contributed by atoms with E-state index in [1.54, 1.807) is 30.3 Å². The van der Waals surface area contributed by atoms with Crippen molar-refractivity contribution in [1.29, 1.82) is 5.26 Å². The first kappa shape index (κ1) is 21.6. The summed E-state index contributed by atoms with van der Waals surface area (Å²) >= 11 is 0. The predicted molar refractivity (Wildman–Crippen MR) is 114 cm³/mol. The van der Waals surface area contributed by atoms with Crippen molar-refractivity contribution in [2.24, 2.45) is 0 Å². The maximum Gasteiger partial charge on any atom is 0.331 e. The number of ether oxygens (including phenoxy) is 1. The summed E-state index contributed by atoms with van der Waals surface area (Å²) in [6.07, 6.45) is 3.23. The van der Waals surface area contributed by atoms with Gasteiger partial charge in [-0.1, -0.05) is 17.3 Å². The highest BCUT2D eigenvalue weighted by Crippen LogP contribution is 2.21. The quantitative estimate of drug-likeness (QED) is 0.463. The van der Waals surface area contributed by atoms with Gasteiger partial charge in [0.15, 0.2) is 12.4 Å². The zero-order chi connectivity index (χ0) is 22.4. The second-order valence-corrected chi connectivity index (χ2v) is 6.98. The fraction of sp³-hybridized carbons (Fsp3) is 0.217. The highest BCUT2D eigenvalue weighted by molar-refractivity contribution is 5.94. The summed E-state index contributed by atoms with van der Waals surface area (Å²) in [7, 11) is 0. The van der Waals surface area contributed by atoms with Gasteiger partial charge in [-0.2, -0.15) is 5.26 Å². The van der Waals surface area contributed by atoms with E-state index in [-0.39, 0.29) is 0 Å². The molecule has 0 radical (unpaired) electrons. The molecule has 1 aromatic carbocycles. The van der Waals surface area contributed by atoms with E-state index < -0.39 is 18.5 Å². The Morgan fingerprint density at radius 3 is 2.61 bits per heavy atom. The van der Waals surface area contributed by atoms with Gasteiger partial charge in [-0.15, -0.1) is 0 Å². The fourth-order valence-corrected chi connectivity index (χ4v) is 3.10. The van der Waals surface area contributed by atoms with Crippen molar-refractivity contribution in [2.75, 3.05) is 11.9 Å². The number of hydrogen-bond acceptors (Lipinski definition) is 6. The van der Waals surface area contributed by atoms with Crippen molar-refractivity contribution in [2.45, 2.75) is 27.2 Å². The van der Waals surface area contributed by atoms with Crippen LogP contribution in [0.1, 0.15) is 28.3 Å². The number of benzene rings is 1. The second-order valence-electron chi connectivity index (χ2n) is 6.98. The third-order valence-corrected chi connectivity index (χ3v) is 4.58. The maximum atomic E-state index is 12.0. The monoisotopic (exact) mass is 418 g/mol. The lowest BCUT2D eigenvalue weighted by Crippen LogP contribution is -2.20. The standard InChI is InChI=1S/C23H22N4O4/c1-15-12-19(17(3)27(15)21-13-16(2)31-26-21)6-9-23(29)30-14-22(28)25-20-7-4-18(5-8-20)10-11-24/h4-9,12-13H,10,14H2,1-3H3,(H,25,28)/b9-6+. The van der Waals surface area contributed by atoms with Crippen LogP contribution < -0.4 is 5.32 Å². The summed E-state index contributed by atoms with van der Waals surface area (Å²) < 4.78 is 12.1. The molecule has 0 spiro atoms. The van der Waals surface area contributed by atoms with Crippen LogP contribution in [-0.4, -0.2) is 28.2 Å². The number of nitrogens with zero attached hydrogens (tertiary/aromatic N) is 3. The number of nitriles is 1. The number of aryl methyl sites for hydroxylation is 2. The van der Waals surface area contributed by atoms with Crippen LogP contribution in [0.3, 0.4) is 0 Å². The van der Waals surface area contributed by atoms with Crippen molar-refractivity contribution in [3.8, 4) is 11.9 Å². The fourth-order valence-electron chi connectivity index (χ4n) is 3.10. The van der Waals surface area contributed by atoms with Crippen molar-refractivity contribution in [3.05, 3.63) is 70.7 Å². The molecule has 0 aliphatic heterocycles. The van der Waals surface area contributed by atoms with E-state index >= 15 is 0 Å². The zero-order valence-electron chi connectivity index (χ0n) is 17.5. The Balaban J connectivity index is 1.55. The van der Waals surface area contributed by atoms with Crippen molar-refractivity contribution in [3.63, 3.8) is 0 Å². The van der Waals surface area contributed by atoms with Gasteiger partial charge in [0.2, 0.25) is 0 Å². The zero-order valence-corrected chi connectivity index (χ0v) is 17.5. The van der Waals surface area contributed by atoms with Gasteiger partial charge in [-0.25, -0.2) is 4.79 Å². The number of rotatable bonds is 7. The third kappa shape index (κ3) is 5.48. The average Bonchev–Trinajstić information content (AvgIpc) is 3.28. The summed E-state index contributed by atoms with van der Waals surface area (Å²) in [5.74, 6) is 0.308. The molecule has 3 aromatic rings. The normalized spacial score (nSPS) is 10.8. The molecule has 0 saturated carbocycles. The molecule has 0 aliphatic carbocycles. The summed E-state index contributed by atoms with van der Waals surface area (Å²) in [6, 6.07) is 12.7. The van der Waals surface area contributed by atoms with Gasteiger partial charge >= 0.3 is 5.97 Å². The second kappa shape index (κ2) is 9.59. The molecule has 1 amide bonds. The molecule has 0 atom stereocenters. The molecule has 8 heteroatoms. The number of nitrogens with one attached hydrogen (secondary N) is 1. The van der Waals surface area contributed by atoms with E-state index in [1.807, 2.05) is 37.5 Å². The summed E-state index contributed by atoms with van der Waals surface area (Å²) in [4.78, 5) is 24.0. The first-order valence-electron chi connectivity index (χ1n) is 9.60. The van der Waals surface area contributed by atoms with Gasteiger partial charge in [0, 0.05) is 29.2 Å². The van der Waals surface area contributed by atoms with Crippen molar-refractivity contribution in [1.82, 2.24) is 9.72 Å². The molecule has 3 rings (SSSR count). The Morgan fingerprint density at radius 2 is 1.97 bits per heavy atom. The van der Waals surface area contributed by atoms with Crippen LogP contribution in [0.2, 0.25) is 0 Å². The molecular formula is C23H22N4O4. The Hall–Kier alpha value is -4.12. The minimum atomic E-state index is -0.624. The van der Waals surface area contributed by atoms with Crippen LogP contribution in [0.4, 0.5) is 5.69 Å². The summed E-state index contributed by atoms with van der Waals surface area (Å²) in [5, 5.41) is 15.3. The van der Waals surface area contributed by atoms with Gasteiger partial charge in [0.1, 0.15) is 5.76 Å². The molecule has 0 unspecified atom stereocenters. The number of anilines is 1. The lowest BCUT2D eigenvalue weighted by Gasteiger charge is -2.06. The Labute approximate surface area is 179 Å². The minimum absolute atomic E-state index is 0.304. The molecule has 1 N–H and O–H groups in total. The molecule has 158 valence electrons. The molecule has 0 fully saturated rings. The smallest absolute Gasteiger partial charge is 0.331 e. The molecule has 2 heterocycles. The van der Waals surface area contributed by atoms with Crippen LogP contribution >= 0.6 is 0 Å². The molecule has 0 bridgehead atoms. The van der Waals surface area contributed by atoms with Gasteiger partial charge in [-0.05, 0) is 56.2 Å². The Kier molecular flexibility index (Phi) is 6.67. The molecular weight excluding hydrogens is 396 g/mol. The maximum absolute atomic E-state index is 12.0. The minimum Gasteiger partial charge on any atom is -0.452 e. The van der Waals surface area contributed by atoms with Crippen LogP contribution in [0.5, 0.6) is 0 Å². The summed E-state index contributed by atoms with van der Waals surface area (Å²) in [5.41, 5.74) is 4.09. The molecule has 0 saturated heterocycles. The van der Waals surface area contributed by atoms with Crippen LogP contribution in [0.15, 0.2) is 47.0 Å². The number of esters is 1. The van der Waals surface area contributed by atoms with Crippen LogP contribution in [-0.2, 0) is 20.7 Å². The van der Waals surface area contributed by atoms with Gasteiger partial charge < -0.3 is 14.6 Å². The van der Waals surface area contributed by atoms with Gasteiger partial charge in [0.05, 0.1) is 12.5 Å².